The van der Waals surface area contributed by atoms with Gasteiger partial charge in [-0.25, -0.2) is 9.78 Å². The van der Waals surface area contributed by atoms with E-state index >= 15 is 0 Å². The number of carbonyl (C=O) groups is 1. The molecule has 0 fully saturated rings. The van der Waals surface area contributed by atoms with Gasteiger partial charge in [-0.15, -0.1) is 0 Å². The number of pyridine rings is 1. The molecule has 0 saturated carbocycles. The first kappa shape index (κ1) is 14.3. The minimum absolute atomic E-state index is 0.286. The van der Waals surface area contributed by atoms with E-state index in [9.17, 15) is 4.79 Å². The molecular weight excluding hydrogens is 254 g/mol. The second kappa shape index (κ2) is 6.86. The summed E-state index contributed by atoms with van der Waals surface area (Å²) >= 11 is 0. The molecule has 1 aromatic carbocycles. The zero-order valence-electron chi connectivity index (χ0n) is 11.5. The molecule has 1 aromatic heterocycles. The molecule has 0 aliphatic carbocycles. The maximum atomic E-state index is 11.1. The van der Waals surface area contributed by atoms with E-state index in [0.717, 1.165) is 31.9 Å². The lowest BCUT2D eigenvalue weighted by Gasteiger charge is -2.08. The summed E-state index contributed by atoms with van der Waals surface area (Å²) in [5, 5.41) is 16.3. The van der Waals surface area contributed by atoms with Crippen molar-refractivity contribution in [2.75, 3.05) is 25.0 Å². The number of nitrogens with zero attached hydrogens (tertiary/aromatic N) is 1. The zero-order chi connectivity index (χ0) is 14.4. The average molecular weight is 273 g/mol. The SMILES string of the molecule is CCNCCCNc1ccc2c(C(=O)O)cccc2n1. The number of benzene rings is 1. The molecule has 3 N–H and O–H groups in total. The number of carboxylic acid groups (broad SMARTS) is 1. The van der Waals surface area contributed by atoms with Crippen molar-refractivity contribution in [1.82, 2.24) is 10.3 Å². The normalized spacial score (nSPS) is 10.7. The molecule has 5 heteroatoms. The smallest absolute Gasteiger partial charge is 0.336 e. The van der Waals surface area contributed by atoms with Crippen molar-refractivity contribution in [2.24, 2.45) is 0 Å². The molecule has 5 nitrogen and oxygen atoms in total. The third-order valence-electron chi connectivity index (χ3n) is 3.05. The van der Waals surface area contributed by atoms with E-state index in [4.69, 9.17) is 5.11 Å². The van der Waals surface area contributed by atoms with Gasteiger partial charge in [-0.05, 0) is 43.8 Å². The monoisotopic (exact) mass is 273 g/mol. The summed E-state index contributed by atoms with van der Waals surface area (Å²) in [6.07, 6.45) is 1.02. The molecule has 2 rings (SSSR count). The fourth-order valence-corrected chi connectivity index (χ4v) is 2.05. The maximum absolute atomic E-state index is 11.1. The van der Waals surface area contributed by atoms with E-state index in [1.54, 1.807) is 18.2 Å². The number of rotatable bonds is 7. The summed E-state index contributed by atoms with van der Waals surface area (Å²) < 4.78 is 0. The van der Waals surface area contributed by atoms with Crippen molar-refractivity contribution in [3.63, 3.8) is 0 Å². The van der Waals surface area contributed by atoms with Crippen LogP contribution in [0, 0.1) is 0 Å². The van der Waals surface area contributed by atoms with Crippen LogP contribution in [0.5, 0.6) is 0 Å². The van der Waals surface area contributed by atoms with Gasteiger partial charge in [-0.3, -0.25) is 0 Å². The third kappa shape index (κ3) is 3.45. The van der Waals surface area contributed by atoms with E-state index in [1.807, 2.05) is 12.1 Å². The van der Waals surface area contributed by atoms with Crippen molar-refractivity contribution in [1.29, 1.82) is 0 Å². The number of carboxylic acids is 1. The van der Waals surface area contributed by atoms with Crippen LogP contribution in [0.15, 0.2) is 30.3 Å². The predicted octanol–water partition coefficient (Wildman–Crippen LogP) is 2.34. The molecule has 106 valence electrons. The summed E-state index contributed by atoms with van der Waals surface area (Å²) in [7, 11) is 0. The third-order valence-corrected chi connectivity index (χ3v) is 3.05. The number of hydrogen-bond acceptors (Lipinski definition) is 4. The van der Waals surface area contributed by atoms with Gasteiger partial charge in [0.25, 0.3) is 0 Å². The van der Waals surface area contributed by atoms with Gasteiger partial charge in [-0.1, -0.05) is 13.0 Å². The number of aromatic carboxylic acids is 1. The van der Waals surface area contributed by atoms with E-state index in [0.29, 0.717) is 10.9 Å². The summed E-state index contributed by atoms with van der Waals surface area (Å²) in [6.45, 7) is 4.87. The molecule has 0 amide bonds. The van der Waals surface area contributed by atoms with Crippen LogP contribution in [0.2, 0.25) is 0 Å². The van der Waals surface area contributed by atoms with Gasteiger partial charge in [0, 0.05) is 11.9 Å². The lowest BCUT2D eigenvalue weighted by atomic mass is 10.1. The topological polar surface area (TPSA) is 74.2 Å². The molecule has 0 unspecified atom stereocenters. The Morgan fingerprint density at radius 3 is 2.85 bits per heavy atom. The number of anilines is 1. The highest BCUT2D eigenvalue weighted by atomic mass is 16.4. The van der Waals surface area contributed by atoms with Crippen LogP contribution in [0.4, 0.5) is 5.82 Å². The van der Waals surface area contributed by atoms with Crippen molar-refractivity contribution in [3.05, 3.63) is 35.9 Å². The first-order chi connectivity index (χ1) is 9.72. The number of nitrogens with one attached hydrogen (secondary N) is 2. The van der Waals surface area contributed by atoms with E-state index in [1.165, 1.54) is 0 Å². The van der Waals surface area contributed by atoms with E-state index in [-0.39, 0.29) is 5.56 Å². The molecule has 1 heterocycles. The highest BCUT2D eigenvalue weighted by Gasteiger charge is 2.08. The molecule has 0 bridgehead atoms. The molecular formula is C15H19N3O2. The Morgan fingerprint density at radius 2 is 2.10 bits per heavy atom. The minimum Gasteiger partial charge on any atom is -0.478 e. The van der Waals surface area contributed by atoms with Gasteiger partial charge in [0.05, 0.1) is 11.1 Å². The maximum Gasteiger partial charge on any atom is 0.336 e. The second-order valence-corrected chi connectivity index (χ2v) is 4.51. The molecule has 20 heavy (non-hydrogen) atoms. The number of fused-ring (bicyclic) bond motifs is 1. The fourth-order valence-electron chi connectivity index (χ4n) is 2.05. The molecule has 0 spiro atoms. The highest BCUT2D eigenvalue weighted by molar-refractivity contribution is 6.02. The van der Waals surface area contributed by atoms with E-state index < -0.39 is 5.97 Å². The Kier molecular flexibility index (Phi) is 4.90. The first-order valence-electron chi connectivity index (χ1n) is 6.80. The quantitative estimate of drug-likeness (QED) is 0.675. The molecule has 0 saturated heterocycles. The van der Waals surface area contributed by atoms with Gasteiger partial charge >= 0.3 is 5.97 Å². The molecule has 0 aliphatic rings. The van der Waals surface area contributed by atoms with Crippen LogP contribution in [-0.4, -0.2) is 35.7 Å². The summed E-state index contributed by atoms with van der Waals surface area (Å²) in [6, 6.07) is 8.76. The molecule has 0 aliphatic heterocycles. The van der Waals surface area contributed by atoms with Crippen LogP contribution in [0.25, 0.3) is 10.9 Å². The Morgan fingerprint density at radius 1 is 1.25 bits per heavy atom. The highest BCUT2D eigenvalue weighted by Crippen LogP contribution is 2.19. The minimum atomic E-state index is -0.927. The Balaban J connectivity index is 2.08. The van der Waals surface area contributed by atoms with Crippen LogP contribution < -0.4 is 10.6 Å². The van der Waals surface area contributed by atoms with E-state index in [2.05, 4.69) is 22.5 Å². The van der Waals surface area contributed by atoms with Gasteiger partial charge in [0.2, 0.25) is 0 Å². The number of aromatic nitrogens is 1. The largest absolute Gasteiger partial charge is 0.478 e. The Bertz CT molecular complexity index is 599. The molecule has 0 radical (unpaired) electrons. The molecule has 2 aromatic rings. The lowest BCUT2D eigenvalue weighted by molar-refractivity contribution is 0.0699. The summed E-state index contributed by atoms with van der Waals surface area (Å²) in [4.78, 5) is 15.6. The van der Waals surface area contributed by atoms with Gasteiger partial charge < -0.3 is 15.7 Å². The second-order valence-electron chi connectivity index (χ2n) is 4.51. The number of hydrogen-bond donors (Lipinski definition) is 3. The Labute approximate surface area is 118 Å². The van der Waals surface area contributed by atoms with Gasteiger partial charge in [0.15, 0.2) is 0 Å². The summed E-state index contributed by atoms with van der Waals surface area (Å²) in [5.41, 5.74) is 0.982. The fraction of sp³-hybridized carbons (Fsp3) is 0.333. The van der Waals surface area contributed by atoms with Crippen molar-refractivity contribution in [2.45, 2.75) is 13.3 Å². The standard InChI is InChI=1S/C15H19N3O2/c1-2-16-9-4-10-17-14-8-7-11-12(15(19)20)5-3-6-13(11)18-14/h3,5-8,16H,2,4,9-10H2,1H3,(H,17,18)(H,19,20). The van der Waals surface area contributed by atoms with Crippen molar-refractivity contribution in [3.8, 4) is 0 Å². The van der Waals surface area contributed by atoms with Crippen LogP contribution >= 0.6 is 0 Å². The predicted molar refractivity (Wildman–Crippen MR) is 80.4 cm³/mol. The van der Waals surface area contributed by atoms with Crippen LogP contribution in [0.1, 0.15) is 23.7 Å². The van der Waals surface area contributed by atoms with Crippen LogP contribution in [-0.2, 0) is 0 Å². The van der Waals surface area contributed by atoms with Gasteiger partial charge in [0.1, 0.15) is 5.82 Å². The van der Waals surface area contributed by atoms with Crippen molar-refractivity contribution < 1.29 is 9.90 Å². The average Bonchev–Trinajstić information content (AvgIpc) is 2.46. The van der Waals surface area contributed by atoms with Gasteiger partial charge in [-0.2, -0.15) is 0 Å². The summed E-state index contributed by atoms with van der Waals surface area (Å²) in [5.74, 6) is -0.153. The Hall–Kier alpha value is -2.14. The van der Waals surface area contributed by atoms with Crippen LogP contribution in [0.3, 0.4) is 0 Å². The zero-order valence-corrected chi connectivity index (χ0v) is 11.5. The van der Waals surface area contributed by atoms with Crippen molar-refractivity contribution >= 4 is 22.7 Å². The molecule has 0 atom stereocenters. The first-order valence-corrected chi connectivity index (χ1v) is 6.80. The lowest BCUT2D eigenvalue weighted by Crippen LogP contribution is -2.17.